The summed E-state index contributed by atoms with van der Waals surface area (Å²) in [6.45, 7) is 2.66. The van der Waals surface area contributed by atoms with E-state index >= 15 is 0 Å². The molecule has 2 N–H and O–H groups in total. The molecule has 6 nitrogen and oxygen atoms in total. The summed E-state index contributed by atoms with van der Waals surface area (Å²) < 4.78 is 5.75. The molecule has 8 heteroatoms. The van der Waals surface area contributed by atoms with E-state index in [0.717, 1.165) is 43.7 Å². The first-order valence-corrected chi connectivity index (χ1v) is 11.2. The number of rotatable bonds is 2. The highest BCUT2D eigenvalue weighted by Gasteiger charge is 2.31. The second-order valence-electron chi connectivity index (χ2n) is 8.09. The van der Waals surface area contributed by atoms with Crippen LogP contribution in [0.1, 0.15) is 33.4 Å². The zero-order valence-electron chi connectivity index (χ0n) is 17.3. The predicted octanol–water partition coefficient (Wildman–Crippen LogP) is 2.66. The molecule has 0 bridgehead atoms. The fraction of sp³-hybridized carbons (Fsp3) is 0.217. The number of H-pyrrole nitrogens is 2. The van der Waals surface area contributed by atoms with Crippen LogP contribution < -0.4 is 16.2 Å². The van der Waals surface area contributed by atoms with Gasteiger partial charge in [-0.15, -0.1) is 18.5 Å². The Kier molecular flexibility index (Phi) is 4.97. The van der Waals surface area contributed by atoms with Crippen LogP contribution in [0.3, 0.4) is 0 Å². The quantitative estimate of drug-likeness (QED) is 0.460. The van der Waals surface area contributed by atoms with Crippen LogP contribution in [-0.2, 0) is 11.3 Å². The number of carbonyl (C=O) groups excluding carboxylic acids is 1. The van der Waals surface area contributed by atoms with E-state index in [9.17, 15) is 9.59 Å². The van der Waals surface area contributed by atoms with Gasteiger partial charge in [-0.05, 0) is 47.2 Å². The summed E-state index contributed by atoms with van der Waals surface area (Å²) in [4.78, 5) is 33.9. The lowest BCUT2D eigenvalue weighted by atomic mass is 9.94. The fourth-order valence-electron chi connectivity index (χ4n) is 4.33. The molecule has 1 aliphatic heterocycles. The highest BCUT2D eigenvalue weighted by Crippen LogP contribution is 2.33. The van der Waals surface area contributed by atoms with Gasteiger partial charge >= 0.3 is 0 Å². The number of nitrogens with zero attached hydrogens (tertiary/aromatic N) is 1. The second-order valence-corrected chi connectivity index (χ2v) is 9.34. The maximum absolute atomic E-state index is 13.4. The Hall–Kier alpha value is -2.52. The molecule has 31 heavy (non-hydrogen) atoms. The number of hydrogen-bond acceptors (Lipinski definition) is 3. The summed E-state index contributed by atoms with van der Waals surface area (Å²) in [5.41, 5.74) is 4.01. The Morgan fingerprint density at radius 2 is 1.87 bits per heavy atom. The molecule has 0 saturated heterocycles. The minimum Gasteiger partial charge on any atom is -0.373 e. The van der Waals surface area contributed by atoms with Crippen LogP contribution in [0, 0.1) is 6.92 Å². The summed E-state index contributed by atoms with van der Waals surface area (Å²) in [7, 11) is 7.19. The number of carbonyl (C=O) groups is 1. The zero-order valence-corrected chi connectivity index (χ0v) is 19.6. The van der Waals surface area contributed by atoms with Crippen molar-refractivity contribution in [2.75, 3.05) is 13.7 Å². The number of aromatic nitrogens is 2. The molecular formula is C23H23N3O3P2. The van der Waals surface area contributed by atoms with Crippen molar-refractivity contribution < 1.29 is 9.53 Å². The Morgan fingerprint density at radius 3 is 2.68 bits per heavy atom. The molecule has 0 saturated carbocycles. The summed E-state index contributed by atoms with van der Waals surface area (Å²) in [5, 5.41) is 4.63. The van der Waals surface area contributed by atoms with Gasteiger partial charge in [-0.2, -0.15) is 0 Å². The summed E-state index contributed by atoms with van der Waals surface area (Å²) >= 11 is 0. The van der Waals surface area contributed by atoms with Crippen molar-refractivity contribution in [2.24, 2.45) is 0 Å². The van der Waals surface area contributed by atoms with E-state index in [0.29, 0.717) is 24.3 Å². The lowest BCUT2D eigenvalue weighted by Gasteiger charge is -2.33. The summed E-state index contributed by atoms with van der Waals surface area (Å²) in [5.74, 6) is -0.125. The molecule has 3 unspecified atom stereocenters. The maximum Gasteiger partial charge on any atom is 0.270 e. The highest BCUT2D eigenvalue weighted by molar-refractivity contribution is 7.35. The average Bonchev–Trinajstić information content (AvgIpc) is 3.15. The third-order valence-electron chi connectivity index (χ3n) is 6.00. The lowest BCUT2D eigenvalue weighted by Crippen LogP contribution is -2.37. The van der Waals surface area contributed by atoms with E-state index in [2.05, 4.69) is 28.4 Å². The molecule has 4 aromatic rings. The van der Waals surface area contributed by atoms with Crippen LogP contribution in [0.2, 0.25) is 0 Å². The number of likely N-dealkylation sites (N-methyl/N-ethyl adjacent to an activating group) is 1. The largest absolute Gasteiger partial charge is 0.373 e. The molecule has 158 valence electrons. The van der Waals surface area contributed by atoms with Crippen LogP contribution in [0.4, 0.5) is 0 Å². The van der Waals surface area contributed by atoms with Gasteiger partial charge in [-0.1, -0.05) is 17.7 Å². The molecule has 3 heterocycles. The van der Waals surface area contributed by atoms with Gasteiger partial charge < -0.3 is 19.6 Å². The van der Waals surface area contributed by atoms with Gasteiger partial charge in [0.15, 0.2) is 0 Å². The number of aromatic amines is 2. The number of benzene rings is 2. The highest BCUT2D eigenvalue weighted by atomic mass is 31.0. The van der Waals surface area contributed by atoms with Gasteiger partial charge in [-0.3, -0.25) is 9.59 Å². The number of ether oxygens (including phenoxy) is 1. The van der Waals surface area contributed by atoms with Crippen LogP contribution in [0.25, 0.3) is 21.7 Å². The predicted molar refractivity (Wildman–Crippen MR) is 131 cm³/mol. The molecule has 1 amide bonds. The zero-order chi connectivity index (χ0) is 21.9. The van der Waals surface area contributed by atoms with E-state index in [-0.39, 0.29) is 17.5 Å². The standard InChI is InChI=1S/C23H23N3O3P2/c1-11-3-4-13-14(5-11)22(27)25-17-9-29-10-18(21(13)17)26(2)23(28)16-6-12-7-19(30)20(31)8-15(12)24-16/h3-8,18,24H,9-10,30-31H2,1-2H3,(H,25,27). The third kappa shape index (κ3) is 3.40. The van der Waals surface area contributed by atoms with Gasteiger partial charge in [0.25, 0.3) is 11.5 Å². The first-order valence-electron chi connectivity index (χ1n) is 10.0. The molecule has 0 radical (unpaired) electrons. The SMILES string of the molecule is Cc1ccc2c3c([nH]c(=O)c2c1)COCC3N(C)C(=O)c1cc2cc(P)c(P)cc2[nH]1. The molecule has 0 fully saturated rings. The van der Waals surface area contributed by atoms with Gasteiger partial charge in [0, 0.05) is 34.6 Å². The number of pyridine rings is 1. The van der Waals surface area contributed by atoms with E-state index in [1.807, 2.05) is 43.3 Å². The molecule has 0 spiro atoms. The van der Waals surface area contributed by atoms with Crippen molar-refractivity contribution in [2.45, 2.75) is 19.6 Å². The summed E-state index contributed by atoms with van der Waals surface area (Å²) in [6, 6.07) is 11.5. The third-order valence-corrected chi connectivity index (χ3v) is 7.33. The van der Waals surface area contributed by atoms with Gasteiger partial charge in [0.1, 0.15) is 5.69 Å². The van der Waals surface area contributed by atoms with Gasteiger partial charge in [0.05, 0.1) is 19.3 Å². The molecule has 1 aliphatic rings. The lowest BCUT2D eigenvalue weighted by molar-refractivity contribution is 0.0333. The van der Waals surface area contributed by atoms with Crippen molar-refractivity contribution in [3.8, 4) is 0 Å². The smallest absolute Gasteiger partial charge is 0.270 e. The Balaban J connectivity index is 1.59. The number of hydrogen-bond donors (Lipinski definition) is 2. The van der Waals surface area contributed by atoms with E-state index in [1.54, 1.807) is 11.9 Å². The van der Waals surface area contributed by atoms with Crippen molar-refractivity contribution in [1.82, 2.24) is 14.9 Å². The van der Waals surface area contributed by atoms with Crippen molar-refractivity contribution in [1.29, 1.82) is 0 Å². The molecule has 0 aliphatic carbocycles. The Morgan fingerprint density at radius 1 is 1.10 bits per heavy atom. The number of aryl methyl sites for hydroxylation is 1. The van der Waals surface area contributed by atoms with E-state index < -0.39 is 0 Å². The van der Waals surface area contributed by atoms with Crippen LogP contribution >= 0.6 is 18.5 Å². The number of nitrogens with one attached hydrogen (secondary N) is 2. The monoisotopic (exact) mass is 451 g/mol. The Bertz CT molecular complexity index is 1380. The fourth-order valence-corrected chi connectivity index (χ4v) is 4.85. The topological polar surface area (TPSA) is 78.2 Å². The van der Waals surface area contributed by atoms with Crippen LogP contribution in [0.5, 0.6) is 0 Å². The van der Waals surface area contributed by atoms with Gasteiger partial charge in [-0.25, -0.2) is 0 Å². The van der Waals surface area contributed by atoms with Crippen LogP contribution in [-0.4, -0.2) is 34.4 Å². The molecule has 5 rings (SSSR count). The first-order chi connectivity index (χ1) is 14.8. The van der Waals surface area contributed by atoms with Gasteiger partial charge in [0.2, 0.25) is 0 Å². The van der Waals surface area contributed by atoms with E-state index in [1.165, 1.54) is 0 Å². The molecule has 2 aromatic heterocycles. The number of fused-ring (bicyclic) bond motifs is 4. The molecule has 2 aromatic carbocycles. The van der Waals surface area contributed by atoms with Crippen molar-refractivity contribution >= 4 is 56.7 Å². The Labute approximate surface area is 183 Å². The molecular weight excluding hydrogens is 428 g/mol. The average molecular weight is 451 g/mol. The van der Waals surface area contributed by atoms with Crippen molar-refractivity contribution in [3.63, 3.8) is 0 Å². The minimum atomic E-state index is -0.306. The molecule has 3 atom stereocenters. The number of amides is 1. The second kappa shape index (κ2) is 7.56. The first kappa shape index (κ1) is 20.4. The van der Waals surface area contributed by atoms with E-state index in [4.69, 9.17) is 4.74 Å². The minimum absolute atomic E-state index is 0.125. The maximum atomic E-state index is 13.4. The normalized spacial score (nSPS) is 15.9. The van der Waals surface area contributed by atoms with Crippen LogP contribution in [0.15, 0.2) is 41.2 Å². The van der Waals surface area contributed by atoms with Crippen molar-refractivity contribution in [3.05, 3.63) is 69.3 Å². The summed E-state index contributed by atoms with van der Waals surface area (Å²) in [6.07, 6.45) is 0.